The maximum atomic E-state index is 12.6. The van der Waals surface area contributed by atoms with Crippen LogP contribution < -0.4 is 21.7 Å². The molecule has 4 heteroatoms. The molecule has 1 aliphatic rings. The molecule has 130 valence electrons. The van der Waals surface area contributed by atoms with E-state index in [-0.39, 0.29) is 5.56 Å². The zero-order chi connectivity index (χ0) is 18.4. The molecule has 1 aromatic rings. The number of pyridine rings is 1. The van der Waals surface area contributed by atoms with Crippen LogP contribution in [0.2, 0.25) is 0 Å². The fourth-order valence-corrected chi connectivity index (χ4v) is 2.64. The molecule has 0 saturated carbocycles. The first-order chi connectivity index (χ1) is 12.0. The molecule has 2 rings (SSSR count). The van der Waals surface area contributed by atoms with Crippen LogP contribution in [0.5, 0.6) is 0 Å². The predicted octanol–water partition coefficient (Wildman–Crippen LogP) is 2.09. The van der Waals surface area contributed by atoms with Crippen molar-refractivity contribution in [2.24, 2.45) is 5.73 Å². The molecule has 0 unspecified atom stereocenters. The van der Waals surface area contributed by atoms with Gasteiger partial charge < -0.3 is 15.2 Å². The first kappa shape index (κ1) is 18.3. The molecule has 0 fully saturated rings. The normalized spacial score (nSPS) is 16.4. The lowest BCUT2D eigenvalue weighted by Crippen LogP contribution is -2.45. The van der Waals surface area contributed by atoms with Crippen molar-refractivity contribution >= 4 is 12.3 Å². The van der Waals surface area contributed by atoms with Gasteiger partial charge in [-0.3, -0.25) is 4.79 Å². The highest BCUT2D eigenvalue weighted by molar-refractivity contribution is 5.37. The molecule has 0 amide bonds. The lowest BCUT2D eigenvalue weighted by Gasteiger charge is -2.22. The van der Waals surface area contributed by atoms with Crippen LogP contribution in [0.15, 0.2) is 77.7 Å². The van der Waals surface area contributed by atoms with Crippen molar-refractivity contribution in [3.05, 3.63) is 93.7 Å². The topological polar surface area (TPSA) is 51.3 Å². The molecule has 25 heavy (non-hydrogen) atoms. The van der Waals surface area contributed by atoms with Gasteiger partial charge >= 0.3 is 0 Å². The first-order valence-corrected chi connectivity index (χ1v) is 8.27. The van der Waals surface area contributed by atoms with E-state index >= 15 is 0 Å². The zero-order valence-corrected chi connectivity index (χ0v) is 14.9. The Balaban J connectivity index is 2.34. The average Bonchev–Trinajstić information content (AvgIpc) is 2.60. The highest BCUT2D eigenvalue weighted by Gasteiger charge is 2.07. The maximum absolute atomic E-state index is 12.6. The summed E-state index contributed by atoms with van der Waals surface area (Å²) in [7, 11) is 0. The fraction of sp³-hybridized carbons (Fsp3) is 0.190. The van der Waals surface area contributed by atoms with E-state index in [9.17, 15) is 4.79 Å². The van der Waals surface area contributed by atoms with Gasteiger partial charge in [0, 0.05) is 37.0 Å². The highest BCUT2D eigenvalue weighted by atomic mass is 16.1. The molecule has 0 atom stereocenters. The van der Waals surface area contributed by atoms with Crippen LogP contribution in [0.4, 0.5) is 0 Å². The minimum Gasteiger partial charge on any atom is -0.404 e. The second-order valence-electron chi connectivity index (χ2n) is 5.95. The number of nitrogens with two attached hydrogens (primary N) is 1. The Morgan fingerprint density at radius 2 is 2.12 bits per heavy atom. The summed E-state index contributed by atoms with van der Waals surface area (Å²) >= 11 is 0. The molecule has 1 aromatic heterocycles. The molecule has 0 aromatic carbocycles. The zero-order valence-electron chi connectivity index (χ0n) is 14.9. The Kier molecular flexibility index (Phi) is 6.01. The third kappa shape index (κ3) is 4.29. The molecule has 4 nitrogen and oxygen atoms in total. The van der Waals surface area contributed by atoms with Crippen molar-refractivity contribution in [2.75, 3.05) is 0 Å². The van der Waals surface area contributed by atoms with Gasteiger partial charge in [0.2, 0.25) is 0 Å². The van der Waals surface area contributed by atoms with Gasteiger partial charge in [-0.15, -0.1) is 0 Å². The number of aromatic nitrogens is 1. The van der Waals surface area contributed by atoms with E-state index < -0.39 is 0 Å². The van der Waals surface area contributed by atoms with Crippen LogP contribution in [-0.2, 0) is 6.54 Å². The quantitative estimate of drug-likeness (QED) is 0.896. The first-order valence-electron chi connectivity index (χ1n) is 8.27. The van der Waals surface area contributed by atoms with Gasteiger partial charge in [-0.1, -0.05) is 38.3 Å². The van der Waals surface area contributed by atoms with Crippen LogP contribution >= 0.6 is 0 Å². The Hall–Kier alpha value is -3.01. The fourth-order valence-electron chi connectivity index (χ4n) is 2.64. The van der Waals surface area contributed by atoms with Crippen molar-refractivity contribution in [1.82, 2.24) is 9.47 Å². The maximum Gasteiger partial charge on any atom is 0.260 e. The van der Waals surface area contributed by atoms with E-state index in [0.717, 1.165) is 22.9 Å². The SMILES string of the molecule is C=C/C=c1/ccn(C/C(C)=C/N2C=C(CC)C=CC2=C)c(=O)/c1=C/N. The molecule has 0 spiro atoms. The van der Waals surface area contributed by atoms with Gasteiger partial charge in [-0.05, 0) is 41.9 Å². The predicted molar refractivity (Wildman–Crippen MR) is 106 cm³/mol. The molecule has 0 saturated heterocycles. The van der Waals surface area contributed by atoms with Crippen LogP contribution in [0.1, 0.15) is 20.3 Å². The van der Waals surface area contributed by atoms with E-state index in [4.69, 9.17) is 5.73 Å². The second kappa shape index (κ2) is 8.20. The average molecular weight is 335 g/mol. The third-order valence-corrected chi connectivity index (χ3v) is 4.01. The van der Waals surface area contributed by atoms with Crippen LogP contribution in [0.3, 0.4) is 0 Å². The smallest absolute Gasteiger partial charge is 0.260 e. The van der Waals surface area contributed by atoms with Crippen molar-refractivity contribution in [2.45, 2.75) is 26.8 Å². The lowest BCUT2D eigenvalue weighted by molar-refractivity contribution is 0.617. The van der Waals surface area contributed by atoms with Gasteiger partial charge in [0.15, 0.2) is 0 Å². The van der Waals surface area contributed by atoms with Gasteiger partial charge in [-0.2, -0.15) is 0 Å². The van der Waals surface area contributed by atoms with Gasteiger partial charge in [0.1, 0.15) is 0 Å². The number of hydrogen-bond acceptors (Lipinski definition) is 3. The van der Waals surface area contributed by atoms with E-state index in [0.29, 0.717) is 11.8 Å². The van der Waals surface area contributed by atoms with Crippen molar-refractivity contribution in [1.29, 1.82) is 0 Å². The monoisotopic (exact) mass is 335 g/mol. The Bertz CT molecular complexity index is 942. The summed E-state index contributed by atoms with van der Waals surface area (Å²) in [6.07, 6.45) is 15.6. The molecule has 1 aliphatic heterocycles. The van der Waals surface area contributed by atoms with E-state index in [1.165, 1.54) is 11.8 Å². The third-order valence-electron chi connectivity index (χ3n) is 4.01. The lowest BCUT2D eigenvalue weighted by atomic mass is 10.1. The van der Waals surface area contributed by atoms with Gasteiger partial charge in [0.05, 0.1) is 5.22 Å². The second-order valence-corrected chi connectivity index (χ2v) is 5.95. The van der Waals surface area contributed by atoms with Gasteiger partial charge in [-0.25, -0.2) is 0 Å². The molecular weight excluding hydrogens is 310 g/mol. The minimum atomic E-state index is -0.118. The molecule has 0 bridgehead atoms. The summed E-state index contributed by atoms with van der Waals surface area (Å²) < 4.78 is 1.65. The minimum absolute atomic E-state index is 0.118. The van der Waals surface area contributed by atoms with E-state index in [1.54, 1.807) is 22.9 Å². The number of rotatable bonds is 5. The largest absolute Gasteiger partial charge is 0.404 e. The molecule has 2 heterocycles. The number of hydrogen-bond donors (Lipinski definition) is 1. The summed E-state index contributed by atoms with van der Waals surface area (Å²) in [5.74, 6) is 0. The summed E-state index contributed by atoms with van der Waals surface area (Å²) in [4.78, 5) is 14.6. The summed E-state index contributed by atoms with van der Waals surface area (Å²) in [6.45, 7) is 12.3. The molecule has 0 radical (unpaired) electrons. The van der Waals surface area contributed by atoms with E-state index in [2.05, 4.69) is 32.4 Å². The Morgan fingerprint density at radius 1 is 1.36 bits per heavy atom. The van der Waals surface area contributed by atoms with Crippen molar-refractivity contribution in [3.63, 3.8) is 0 Å². The van der Waals surface area contributed by atoms with Gasteiger partial charge in [0.25, 0.3) is 5.56 Å². The highest BCUT2D eigenvalue weighted by Crippen LogP contribution is 2.19. The summed E-state index contributed by atoms with van der Waals surface area (Å²) in [5.41, 5.74) is 8.69. The van der Waals surface area contributed by atoms with Crippen molar-refractivity contribution in [3.8, 4) is 0 Å². The molecule has 2 N–H and O–H groups in total. The Morgan fingerprint density at radius 3 is 2.76 bits per heavy atom. The summed E-state index contributed by atoms with van der Waals surface area (Å²) in [6, 6.07) is 1.87. The standard InChI is InChI=1S/C21H25N3O/c1-5-7-19-10-11-23(21(25)20(19)12-22)13-16(3)14-24-15-18(6-2)9-8-17(24)4/h5,7-12,14-15H,1,4,6,13,22H2,2-3H3/b16-14+,19-7-,20-12+. The number of allylic oxidation sites excluding steroid dienone is 5. The van der Waals surface area contributed by atoms with Crippen LogP contribution in [-0.4, -0.2) is 9.47 Å². The van der Waals surface area contributed by atoms with Crippen LogP contribution in [0.25, 0.3) is 12.3 Å². The van der Waals surface area contributed by atoms with Crippen LogP contribution in [0, 0.1) is 0 Å². The molecular formula is C21H25N3O. The molecule has 0 aliphatic carbocycles. The number of nitrogens with zero attached hydrogens (tertiary/aromatic N) is 2. The van der Waals surface area contributed by atoms with E-state index in [1.807, 2.05) is 30.2 Å². The summed E-state index contributed by atoms with van der Waals surface area (Å²) in [5, 5.41) is 1.25. The Labute approximate surface area is 148 Å². The van der Waals surface area contributed by atoms with Crippen molar-refractivity contribution < 1.29 is 0 Å².